The Labute approximate surface area is 124 Å². The fourth-order valence-corrected chi connectivity index (χ4v) is 4.50. The Hall–Kier alpha value is -1.41. The predicted octanol–water partition coefficient (Wildman–Crippen LogP) is 0.194. The third kappa shape index (κ3) is 2.57. The Morgan fingerprint density at radius 3 is 2.62 bits per heavy atom. The smallest absolute Gasteiger partial charge is 0.246 e. The van der Waals surface area contributed by atoms with Crippen molar-refractivity contribution in [2.45, 2.75) is 37.6 Å². The SMILES string of the molecule is CCn1cc(S(=O)(=O)N2CCC3(CC2)CNC(=O)C3)cn1. The molecule has 0 radical (unpaired) electrons. The lowest BCUT2D eigenvalue weighted by Crippen LogP contribution is -2.43. The maximum atomic E-state index is 12.6. The second kappa shape index (κ2) is 5.10. The highest BCUT2D eigenvalue weighted by atomic mass is 32.2. The van der Waals surface area contributed by atoms with Crippen LogP contribution < -0.4 is 5.32 Å². The topological polar surface area (TPSA) is 84.3 Å². The molecule has 0 unspecified atom stereocenters. The average molecular weight is 312 g/mol. The Kier molecular flexibility index (Phi) is 3.53. The van der Waals surface area contributed by atoms with Crippen LogP contribution in [0.5, 0.6) is 0 Å². The number of carbonyl (C=O) groups is 1. The number of amides is 1. The van der Waals surface area contributed by atoms with E-state index in [0.717, 1.165) is 12.8 Å². The molecule has 2 fully saturated rings. The maximum Gasteiger partial charge on any atom is 0.246 e. The number of aryl methyl sites for hydroxylation is 1. The number of carbonyl (C=O) groups excluding carboxylic acids is 1. The van der Waals surface area contributed by atoms with Crippen LogP contribution in [-0.4, -0.2) is 48.0 Å². The molecule has 1 spiro atoms. The normalized spacial score (nSPS) is 22.6. The van der Waals surface area contributed by atoms with Gasteiger partial charge in [0.2, 0.25) is 15.9 Å². The summed E-state index contributed by atoms with van der Waals surface area (Å²) in [6.07, 6.45) is 4.96. The van der Waals surface area contributed by atoms with Crippen molar-refractivity contribution < 1.29 is 13.2 Å². The van der Waals surface area contributed by atoms with Crippen molar-refractivity contribution >= 4 is 15.9 Å². The van der Waals surface area contributed by atoms with Gasteiger partial charge in [0, 0.05) is 38.8 Å². The highest BCUT2D eigenvalue weighted by Crippen LogP contribution is 2.38. The predicted molar refractivity (Wildman–Crippen MR) is 76.0 cm³/mol. The number of rotatable bonds is 3. The van der Waals surface area contributed by atoms with Crippen molar-refractivity contribution in [3.8, 4) is 0 Å². The number of sulfonamides is 1. The highest BCUT2D eigenvalue weighted by molar-refractivity contribution is 7.89. The van der Waals surface area contributed by atoms with Crippen molar-refractivity contribution in [3.05, 3.63) is 12.4 Å². The van der Waals surface area contributed by atoms with Crippen molar-refractivity contribution in [3.63, 3.8) is 0 Å². The number of nitrogens with one attached hydrogen (secondary N) is 1. The first-order valence-corrected chi connectivity index (χ1v) is 8.69. The fourth-order valence-electron chi connectivity index (χ4n) is 3.11. The Morgan fingerprint density at radius 1 is 1.38 bits per heavy atom. The third-order valence-corrected chi connectivity index (χ3v) is 6.40. The summed E-state index contributed by atoms with van der Waals surface area (Å²) in [5, 5.41) is 6.89. The molecule has 0 bridgehead atoms. The minimum absolute atomic E-state index is 0.0449. The minimum Gasteiger partial charge on any atom is -0.356 e. The van der Waals surface area contributed by atoms with E-state index < -0.39 is 10.0 Å². The fraction of sp³-hybridized carbons (Fsp3) is 0.692. The zero-order chi connectivity index (χ0) is 15.1. The third-order valence-electron chi connectivity index (χ3n) is 4.55. The van der Waals surface area contributed by atoms with E-state index in [1.807, 2.05) is 6.92 Å². The Balaban J connectivity index is 1.72. The molecule has 1 N–H and O–H groups in total. The molecule has 3 heterocycles. The molecular weight excluding hydrogens is 292 g/mol. The van der Waals surface area contributed by atoms with Gasteiger partial charge in [-0.15, -0.1) is 0 Å². The zero-order valence-corrected chi connectivity index (χ0v) is 12.9. The van der Waals surface area contributed by atoms with E-state index in [2.05, 4.69) is 10.4 Å². The van der Waals surface area contributed by atoms with Gasteiger partial charge in [-0.1, -0.05) is 0 Å². The summed E-state index contributed by atoms with van der Waals surface area (Å²) in [6, 6.07) is 0. The molecule has 0 saturated carbocycles. The van der Waals surface area contributed by atoms with Crippen molar-refractivity contribution in [1.82, 2.24) is 19.4 Å². The first kappa shape index (κ1) is 14.5. The summed E-state index contributed by atoms with van der Waals surface area (Å²) in [4.78, 5) is 11.6. The molecule has 1 aromatic rings. The highest BCUT2D eigenvalue weighted by Gasteiger charge is 2.43. The van der Waals surface area contributed by atoms with Gasteiger partial charge >= 0.3 is 0 Å². The standard InChI is InChI=1S/C13H20N4O3S/c1-2-16-9-11(8-15-16)21(19,20)17-5-3-13(4-6-17)7-12(18)14-10-13/h8-9H,2-7,10H2,1H3,(H,14,18). The lowest BCUT2D eigenvalue weighted by atomic mass is 9.78. The molecule has 1 amide bonds. The molecule has 0 aromatic carbocycles. The van der Waals surface area contributed by atoms with E-state index in [0.29, 0.717) is 32.6 Å². The second-order valence-corrected chi connectivity index (χ2v) is 7.83. The van der Waals surface area contributed by atoms with Gasteiger partial charge in [0.15, 0.2) is 0 Å². The van der Waals surface area contributed by atoms with Crippen LogP contribution in [-0.2, 0) is 21.4 Å². The molecule has 21 heavy (non-hydrogen) atoms. The lowest BCUT2D eigenvalue weighted by molar-refractivity contribution is -0.119. The van der Waals surface area contributed by atoms with Gasteiger partial charge in [0.25, 0.3) is 0 Å². The lowest BCUT2D eigenvalue weighted by Gasteiger charge is -2.37. The number of aromatic nitrogens is 2. The van der Waals surface area contributed by atoms with Crippen LogP contribution in [0.4, 0.5) is 0 Å². The summed E-state index contributed by atoms with van der Waals surface area (Å²) < 4.78 is 28.3. The summed E-state index contributed by atoms with van der Waals surface area (Å²) >= 11 is 0. The quantitative estimate of drug-likeness (QED) is 0.864. The van der Waals surface area contributed by atoms with Crippen LogP contribution in [0.15, 0.2) is 17.3 Å². The number of hydrogen-bond donors (Lipinski definition) is 1. The minimum atomic E-state index is -3.47. The largest absolute Gasteiger partial charge is 0.356 e. The van der Waals surface area contributed by atoms with Crippen LogP contribution in [0.1, 0.15) is 26.2 Å². The van der Waals surface area contributed by atoms with Gasteiger partial charge in [-0.25, -0.2) is 8.42 Å². The van der Waals surface area contributed by atoms with E-state index in [1.165, 1.54) is 10.5 Å². The molecular formula is C13H20N4O3S. The van der Waals surface area contributed by atoms with Gasteiger partial charge < -0.3 is 5.32 Å². The van der Waals surface area contributed by atoms with E-state index >= 15 is 0 Å². The number of hydrogen-bond acceptors (Lipinski definition) is 4. The van der Waals surface area contributed by atoms with Crippen LogP contribution >= 0.6 is 0 Å². The van der Waals surface area contributed by atoms with E-state index in [9.17, 15) is 13.2 Å². The molecule has 116 valence electrons. The molecule has 0 atom stereocenters. The van der Waals surface area contributed by atoms with E-state index in [4.69, 9.17) is 0 Å². The van der Waals surface area contributed by atoms with E-state index in [-0.39, 0.29) is 16.2 Å². The summed E-state index contributed by atoms with van der Waals surface area (Å²) in [5.41, 5.74) is -0.0449. The van der Waals surface area contributed by atoms with Crippen molar-refractivity contribution in [1.29, 1.82) is 0 Å². The van der Waals surface area contributed by atoms with Gasteiger partial charge in [-0.2, -0.15) is 9.40 Å². The van der Waals surface area contributed by atoms with Crippen LogP contribution in [0, 0.1) is 5.41 Å². The first-order valence-electron chi connectivity index (χ1n) is 7.25. The molecule has 2 aliphatic heterocycles. The van der Waals surface area contributed by atoms with Gasteiger partial charge in [0.1, 0.15) is 4.90 Å². The summed E-state index contributed by atoms with van der Waals surface area (Å²) in [6.45, 7) is 4.17. The molecule has 0 aliphatic carbocycles. The van der Waals surface area contributed by atoms with Crippen LogP contribution in [0.3, 0.4) is 0 Å². The maximum absolute atomic E-state index is 12.6. The molecule has 1 aromatic heterocycles. The van der Waals surface area contributed by atoms with Crippen molar-refractivity contribution in [2.24, 2.45) is 5.41 Å². The molecule has 2 saturated heterocycles. The van der Waals surface area contributed by atoms with Gasteiger partial charge in [0.05, 0.1) is 6.20 Å². The monoisotopic (exact) mass is 312 g/mol. The molecule has 7 nitrogen and oxygen atoms in total. The summed E-state index contributed by atoms with van der Waals surface area (Å²) in [7, 11) is -3.47. The Bertz CT molecular complexity index is 644. The second-order valence-electron chi connectivity index (χ2n) is 5.89. The van der Waals surface area contributed by atoms with Crippen molar-refractivity contribution in [2.75, 3.05) is 19.6 Å². The average Bonchev–Trinajstić information content (AvgIpc) is 3.07. The molecule has 2 aliphatic rings. The summed E-state index contributed by atoms with van der Waals surface area (Å²) in [5.74, 6) is 0.0792. The van der Waals surface area contributed by atoms with Gasteiger partial charge in [-0.05, 0) is 25.2 Å². The molecule has 3 rings (SSSR count). The van der Waals surface area contributed by atoms with Crippen LogP contribution in [0.25, 0.3) is 0 Å². The zero-order valence-electron chi connectivity index (χ0n) is 12.1. The first-order chi connectivity index (χ1) is 9.95. The van der Waals surface area contributed by atoms with Gasteiger partial charge in [-0.3, -0.25) is 9.48 Å². The number of piperidine rings is 1. The van der Waals surface area contributed by atoms with Crippen LogP contribution in [0.2, 0.25) is 0 Å². The Morgan fingerprint density at radius 2 is 2.10 bits per heavy atom. The number of nitrogens with zero attached hydrogens (tertiary/aromatic N) is 3. The van der Waals surface area contributed by atoms with E-state index in [1.54, 1.807) is 10.9 Å². The molecule has 8 heteroatoms.